The summed E-state index contributed by atoms with van der Waals surface area (Å²) in [5, 5.41) is 4.67. The van der Waals surface area contributed by atoms with Crippen LogP contribution in [0.4, 0.5) is 0 Å². The van der Waals surface area contributed by atoms with Gasteiger partial charge in [0, 0.05) is 17.6 Å². The van der Waals surface area contributed by atoms with Gasteiger partial charge in [-0.1, -0.05) is 25.1 Å². The first-order chi connectivity index (χ1) is 8.29. The van der Waals surface area contributed by atoms with Gasteiger partial charge in [0.2, 0.25) is 0 Å². The van der Waals surface area contributed by atoms with Crippen LogP contribution in [0.3, 0.4) is 0 Å². The van der Waals surface area contributed by atoms with Gasteiger partial charge in [-0.15, -0.1) is 0 Å². The van der Waals surface area contributed by atoms with Crippen molar-refractivity contribution in [3.8, 4) is 0 Å². The van der Waals surface area contributed by atoms with Gasteiger partial charge in [-0.2, -0.15) is 0 Å². The van der Waals surface area contributed by atoms with Crippen molar-refractivity contribution in [2.45, 2.75) is 19.4 Å². The second-order valence-electron chi connectivity index (χ2n) is 5.10. The molecule has 88 valence electrons. The molecule has 3 rings (SSSR count). The maximum absolute atomic E-state index is 4.43. The van der Waals surface area contributed by atoms with Crippen molar-refractivity contribution in [1.29, 1.82) is 0 Å². The number of rotatable bonds is 3. The Hall–Kier alpha value is -1.41. The molecule has 0 saturated heterocycles. The Labute approximate surface area is 102 Å². The minimum atomic E-state index is 0.483. The minimum Gasteiger partial charge on any atom is -0.313 e. The van der Waals surface area contributed by atoms with Gasteiger partial charge in [0.1, 0.15) is 0 Å². The van der Waals surface area contributed by atoms with Crippen LogP contribution in [0.2, 0.25) is 0 Å². The monoisotopic (exact) mass is 226 g/mol. The lowest BCUT2D eigenvalue weighted by molar-refractivity contribution is 0.504. The molecule has 1 fully saturated rings. The van der Waals surface area contributed by atoms with E-state index in [4.69, 9.17) is 0 Å². The topological polar surface area (TPSA) is 24.9 Å². The fraction of sp³-hybridized carbons (Fsp3) is 0.400. The molecule has 1 heterocycles. The minimum absolute atomic E-state index is 0.483. The average Bonchev–Trinajstić information content (AvgIpc) is 3.07. The maximum atomic E-state index is 4.43. The Balaban J connectivity index is 1.99. The summed E-state index contributed by atoms with van der Waals surface area (Å²) in [6, 6.07) is 11.2. The molecule has 2 nitrogen and oxygen atoms in total. The van der Waals surface area contributed by atoms with E-state index in [-0.39, 0.29) is 0 Å². The number of pyridine rings is 1. The molecule has 1 aromatic carbocycles. The molecule has 1 aromatic heterocycles. The van der Waals surface area contributed by atoms with Gasteiger partial charge in [-0.25, -0.2) is 0 Å². The summed E-state index contributed by atoms with van der Waals surface area (Å²) in [6.07, 6.45) is 3.20. The van der Waals surface area contributed by atoms with Crippen molar-refractivity contribution in [2.24, 2.45) is 11.8 Å². The van der Waals surface area contributed by atoms with Gasteiger partial charge in [-0.05, 0) is 43.0 Å². The van der Waals surface area contributed by atoms with Crippen LogP contribution in [0, 0.1) is 11.8 Å². The van der Waals surface area contributed by atoms with Crippen molar-refractivity contribution in [3.63, 3.8) is 0 Å². The number of nitrogens with one attached hydrogen (secondary N) is 1. The van der Waals surface area contributed by atoms with E-state index in [1.54, 1.807) is 0 Å². The molecule has 3 atom stereocenters. The number of fused-ring (bicyclic) bond motifs is 1. The van der Waals surface area contributed by atoms with Gasteiger partial charge in [0.05, 0.1) is 5.52 Å². The van der Waals surface area contributed by atoms with Gasteiger partial charge in [0.15, 0.2) is 0 Å². The van der Waals surface area contributed by atoms with Crippen LogP contribution in [0.25, 0.3) is 10.9 Å². The molecule has 2 heteroatoms. The first-order valence-electron chi connectivity index (χ1n) is 6.31. The average molecular weight is 226 g/mol. The van der Waals surface area contributed by atoms with E-state index in [1.165, 1.54) is 17.4 Å². The number of benzene rings is 1. The Morgan fingerprint density at radius 3 is 2.88 bits per heavy atom. The van der Waals surface area contributed by atoms with E-state index in [1.807, 2.05) is 12.3 Å². The molecule has 0 bridgehead atoms. The van der Waals surface area contributed by atoms with Crippen molar-refractivity contribution >= 4 is 10.9 Å². The standard InChI is InChI=1S/C15H18N2/c1-10-8-13(10)15(16-2)12-6-5-11-4-3-7-17-14(11)9-12/h3-7,9-10,13,15-16H,8H2,1-2H3. The van der Waals surface area contributed by atoms with Gasteiger partial charge in [0.25, 0.3) is 0 Å². The zero-order valence-corrected chi connectivity index (χ0v) is 10.4. The predicted octanol–water partition coefficient (Wildman–Crippen LogP) is 3.15. The van der Waals surface area contributed by atoms with E-state index in [0.29, 0.717) is 6.04 Å². The molecule has 3 unspecified atom stereocenters. The second-order valence-corrected chi connectivity index (χ2v) is 5.10. The lowest BCUT2D eigenvalue weighted by Gasteiger charge is -2.16. The Morgan fingerprint density at radius 1 is 1.35 bits per heavy atom. The molecule has 0 aliphatic heterocycles. The summed E-state index contributed by atoms with van der Waals surface area (Å²) in [5.41, 5.74) is 2.46. The normalized spacial score (nSPS) is 24.8. The number of nitrogens with zero attached hydrogens (tertiary/aromatic N) is 1. The van der Waals surface area contributed by atoms with E-state index < -0.39 is 0 Å². The summed E-state index contributed by atoms with van der Waals surface area (Å²) < 4.78 is 0. The van der Waals surface area contributed by atoms with E-state index >= 15 is 0 Å². The largest absolute Gasteiger partial charge is 0.313 e. The zero-order valence-electron chi connectivity index (χ0n) is 10.4. The third-order valence-corrected chi connectivity index (χ3v) is 3.90. The summed E-state index contributed by atoms with van der Waals surface area (Å²) in [4.78, 5) is 4.43. The molecule has 0 spiro atoms. The lowest BCUT2D eigenvalue weighted by Crippen LogP contribution is -2.19. The summed E-state index contributed by atoms with van der Waals surface area (Å²) in [7, 11) is 2.05. The highest BCUT2D eigenvalue weighted by molar-refractivity contribution is 5.79. The van der Waals surface area contributed by atoms with E-state index in [0.717, 1.165) is 17.4 Å². The first-order valence-corrected chi connectivity index (χ1v) is 6.31. The maximum Gasteiger partial charge on any atom is 0.0705 e. The molecule has 1 saturated carbocycles. The molecule has 0 amide bonds. The van der Waals surface area contributed by atoms with Crippen molar-refractivity contribution in [1.82, 2.24) is 10.3 Å². The smallest absolute Gasteiger partial charge is 0.0705 e. The van der Waals surface area contributed by atoms with Gasteiger partial charge >= 0.3 is 0 Å². The molecule has 1 N–H and O–H groups in total. The van der Waals surface area contributed by atoms with Crippen molar-refractivity contribution in [3.05, 3.63) is 42.1 Å². The predicted molar refractivity (Wildman–Crippen MR) is 70.8 cm³/mol. The summed E-state index contributed by atoms with van der Waals surface area (Å²) in [6.45, 7) is 2.33. The molecule has 0 radical (unpaired) electrons. The molecule has 1 aliphatic rings. The van der Waals surface area contributed by atoms with Crippen LogP contribution in [-0.2, 0) is 0 Å². The van der Waals surface area contributed by atoms with Crippen LogP contribution in [0.1, 0.15) is 24.9 Å². The number of aromatic nitrogens is 1. The van der Waals surface area contributed by atoms with Crippen molar-refractivity contribution in [2.75, 3.05) is 7.05 Å². The van der Waals surface area contributed by atoms with Gasteiger partial charge in [-0.3, -0.25) is 4.98 Å². The third-order valence-electron chi connectivity index (χ3n) is 3.90. The Bertz CT molecular complexity index is 535. The van der Waals surface area contributed by atoms with E-state index in [9.17, 15) is 0 Å². The van der Waals surface area contributed by atoms with Crippen LogP contribution in [0.5, 0.6) is 0 Å². The number of hydrogen-bond acceptors (Lipinski definition) is 2. The number of hydrogen-bond donors (Lipinski definition) is 1. The quantitative estimate of drug-likeness (QED) is 0.869. The third kappa shape index (κ3) is 1.93. The highest BCUT2D eigenvalue weighted by atomic mass is 14.9. The van der Waals surface area contributed by atoms with Crippen LogP contribution >= 0.6 is 0 Å². The molecule has 17 heavy (non-hydrogen) atoms. The van der Waals surface area contributed by atoms with Crippen LogP contribution < -0.4 is 5.32 Å². The van der Waals surface area contributed by atoms with Crippen LogP contribution in [0.15, 0.2) is 36.5 Å². The Morgan fingerprint density at radius 2 is 2.18 bits per heavy atom. The lowest BCUT2D eigenvalue weighted by atomic mass is 10.00. The fourth-order valence-corrected chi connectivity index (χ4v) is 2.72. The van der Waals surface area contributed by atoms with Gasteiger partial charge < -0.3 is 5.32 Å². The summed E-state index contributed by atoms with van der Waals surface area (Å²) in [5.74, 6) is 1.65. The second kappa shape index (κ2) is 4.11. The molecule has 1 aliphatic carbocycles. The SMILES string of the molecule is CNC(c1ccc2cccnc2c1)C1CC1C. The van der Waals surface area contributed by atoms with Crippen molar-refractivity contribution < 1.29 is 0 Å². The summed E-state index contributed by atoms with van der Waals surface area (Å²) >= 11 is 0. The Kier molecular flexibility index (Phi) is 2.60. The molecular formula is C15H18N2. The highest BCUT2D eigenvalue weighted by Crippen LogP contribution is 2.46. The fourth-order valence-electron chi connectivity index (χ4n) is 2.72. The first kappa shape index (κ1) is 10.7. The zero-order chi connectivity index (χ0) is 11.8. The van der Waals surface area contributed by atoms with E-state index in [2.05, 4.69) is 48.5 Å². The molecule has 2 aromatic rings. The highest BCUT2D eigenvalue weighted by Gasteiger charge is 2.39. The molecular weight excluding hydrogens is 208 g/mol. The van der Waals surface area contributed by atoms with Crippen LogP contribution in [-0.4, -0.2) is 12.0 Å².